The third-order valence-corrected chi connectivity index (χ3v) is 7.51. The lowest BCUT2D eigenvalue weighted by Crippen LogP contribution is -2.45. The van der Waals surface area contributed by atoms with Crippen molar-refractivity contribution in [3.05, 3.63) is 78.9 Å². The van der Waals surface area contributed by atoms with E-state index in [1.165, 1.54) is 38.3 Å². The van der Waals surface area contributed by atoms with E-state index >= 15 is 0 Å². The predicted octanol–water partition coefficient (Wildman–Crippen LogP) is 3.29. The smallest absolute Gasteiger partial charge is 0.261 e. The van der Waals surface area contributed by atoms with Crippen molar-refractivity contribution >= 4 is 43.0 Å². The van der Waals surface area contributed by atoms with E-state index in [-0.39, 0.29) is 4.90 Å². The van der Waals surface area contributed by atoms with Crippen LogP contribution in [0.25, 0.3) is 0 Å². The molecule has 3 aromatic carbocycles. The molecule has 0 unspecified atom stereocenters. The standard InChI is InChI=1S/C23H25N3O6S2/c1-17(26(33(3,28)29)20-11-13-21(32-2)14-12-20)23(27)24-18-9-15-22(16-10-18)34(30,31)25-19-7-5-4-6-8-19/h4-17,25H,1-3H3,(H,24,27)/t17-/m1/s1. The molecule has 0 aliphatic carbocycles. The molecule has 180 valence electrons. The third-order valence-electron chi connectivity index (χ3n) is 4.87. The van der Waals surface area contributed by atoms with Crippen LogP contribution in [0.2, 0.25) is 0 Å². The maximum atomic E-state index is 12.8. The summed E-state index contributed by atoms with van der Waals surface area (Å²) >= 11 is 0. The average Bonchev–Trinajstić information content (AvgIpc) is 2.79. The van der Waals surface area contributed by atoms with E-state index in [0.717, 1.165) is 10.6 Å². The van der Waals surface area contributed by atoms with Gasteiger partial charge in [0.25, 0.3) is 10.0 Å². The summed E-state index contributed by atoms with van der Waals surface area (Å²) in [5, 5.41) is 2.63. The molecule has 3 rings (SSSR count). The van der Waals surface area contributed by atoms with Gasteiger partial charge in [0.1, 0.15) is 11.8 Å². The fourth-order valence-electron chi connectivity index (χ4n) is 3.22. The van der Waals surface area contributed by atoms with Gasteiger partial charge in [-0.15, -0.1) is 0 Å². The van der Waals surface area contributed by atoms with Crippen LogP contribution in [0.4, 0.5) is 17.1 Å². The summed E-state index contributed by atoms with van der Waals surface area (Å²) in [6, 6.07) is 19.2. The molecule has 0 saturated heterocycles. The lowest BCUT2D eigenvalue weighted by molar-refractivity contribution is -0.116. The molecule has 1 atom stereocenters. The Labute approximate surface area is 199 Å². The van der Waals surface area contributed by atoms with Crippen molar-refractivity contribution in [1.82, 2.24) is 0 Å². The molecule has 34 heavy (non-hydrogen) atoms. The predicted molar refractivity (Wildman–Crippen MR) is 132 cm³/mol. The highest BCUT2D eigenvalue weighted by Gasteiger charge is 2.29. The molecule has 0 bridgehead atoms. The molecule has 9 nitrogen and oxygen atoms in total. The van der Waals surface area contributed by atoms with Crippen molar-refractivity contribution in [2.45, 2.75) is 17.9 Å². The van der Waals surface area contributed by atoms with Crippen LogP contribution in [0.3, 0.4) is 0 Å². The van der Waals surface area contributed by atoms with Crippen LogP contribution in [0.15, 0.2) is 83.8 Å². The number of carbonyl (C=O) groups is 1. The van der Waals surface area contributed by atoms with E-state index in [1.807, 2.05) is 0 Å². The number of para-hydroxylation sites is 1. The number of nitrogens with zero attached hydrogens (tertiary/aromatic N) is 1. The molecule has 0 radical (unpaired) electrons. The van der Waals surface area contributed by atoms with Crippen LogP contribution in [0.5, 0.6) is 5.75 Å². The number of hydrogen-bond acceptors (Lipinski definition) is 6. The molecule has 1 amide bonds. The molecule has 0 fully saturated rings. The fraction of sp³-hybridized carbons (Fsp3) is 0.174. The zero-order valence-corrected chi connectivity index (χ0v) is 20.4. The first-order chi connectivity index (χ1) is 16.0. The largest absolute Gasteiger partial charge is 0.497 e. The SMILES string of the molecule is COc1ccc(N([C@H](C)C(=O)Nc2ccc(S(=O)(=O)Nc3ccccc3)cc2)S(C)(=O)=O)cc1. The number of carbonyl (C=O) groups excluding carboxylic acids is 1. The van der Waals surface area contributed by atoms with Crippen molar-refractivity contribution in [1.29, 1.82) is 0 Å². The summed E-state index contributed by atoms with van der Waals surface area (Å²) in [6.45, 7) is 1.46. The van der Waals surface area contributed by atoms with Gasteiger partial charge in [-0.2, -0.15) is 0 Å². The second kappa shape index (κ2) is 10.1. The van der Waals surface area contributed by atoms with Gasteiger partial charge in [0.05, 0.1) is 23.9 Å². The van der Waals surface area contributed by atoms with Gasteiger partial charge in [0.15, 0.2) is 0 Å². The van der Waals surface area contributed by atoms with Gasteiger partial charge in [-0.05, 0) is 67.6 Å². The maximum Gasteiger partial charge on any atom is 0.261 e. The number of methoxy groups -OCH3 is 1. The first-order valence-corrected chi connectivity index (χ1v) is 13.5. The van der Waals surface area contributed by atoms with Gasteiger partial charge in [0.2, 0.25) is 15.9 Å². The van der Waals surface area contributed by atoms with Crippen LogP contribution in [0.1, 0.15) is 6.92 Å². The van der Waals surface area contributed by atoms with E-state index in [0.29, 0.717) is 22.8 Å². The van der Waals surface area contributed by atoms with E-state index < -0.39 is 32.0 Å². The first kappa shape index (κ1) is 25.1. The molecular formula is C23H25N3O6S2. The highest BCUT2D eigenvalue weighted by atomic mass is 32.2. The van der Waals surface area contributed by atoms with Crippen molar-refractivity contribution in [2.24, 2.45) is 0 Å². The number of amides is 1. The minimum atomic E-state index is -3.81. The van der Waals surface area contributed by atoms with Crippen LogP contribution in [0, 0.1) is 0 Å². The zero-order chi connectivity index (χ0) is 24.9. The van der Waals surface area contributed by atoms with Gasteiger partial charge in [-0.25, -0.2) is 16.8 Å². The first-order valence-electron chi connectivity index (χ1n) is 10.1. The normalized spacial score (nSPS) is 12.4. The van der Waals surface area contributed by atoms with Crippen molar-refractivity contribution in [3.63, 3.8) is 0 Å². The summed E-state index contributed by atoms with van der Waals surface area (Å²) in [4.78, 5) is 12.9. The summed E-state index contributed by atoms with van der Waals surface area (Å²) in [6.07, 6.45) is 1.01. The number of benzene rings is 3. The van der Waals surface area contributed by atoms with Gasteiger partial charge >= 0.3 is 0 Å². The monoisotopic (exact) mass is 503 g/mol. The number of rotatable bonds is 9. The Kier molecular flexibility index (Phi) is 7.48. The molecule has 3 aromatic rings. The quantitative estimate of drug-likeness (QED) is 0.462. The highest BCUT2D eigenvalue weighted by molar-refractivity contribution is 7.92. The summed E-state index contributed by atoms with van der Waals surface area (Å²) < 4.78 is 58.6. The molecule has 0 aliphatic rings. The van der Waals surface area contributed by atoms with Crippen molar-refractivity contribution in [3.8, 4) is 5.75 Å². The second-order valence-corrected chi connectivity index (χ2v) is 11.0. The van der Waals surface area contributed by atoms with Gasteiger partial charge in [0, 0.05) is 11.4 Å². The van der Waals surface area contributed by atoms with Crippen LogP contribution >= 0.6 is 0 Å². The number of hydrogen-bond donors (Lipinski definition) is 2. The second-order valence-electron chi connectivity index (χ2n) is 7.42. The molecule has 0 saturated carbocycles. The minimum Gasteiger partial charge on any atom is -0.497 e. The van der Waals surface area contributed by atoms with Gasteiger partial charge in [-0.1, -0.05) is 18.2 Å². The van der Waals surface area contributed by atoms with Crippen LogP contribution < -0.4 is 19.1 Å². The Morgan fingerprint density at radius 3 is 1.97 bits per heavy atom. The Morgan fingerprint density at radius 2 is 1.44 bits per heavy atom. The fourth-order valence-corrected chi connectivity index (χ4v) is 5.46. The van der Waals surface area contributed by atoms with Crippen molar-refractivity contribution in [2.75, 3.05) is 27.7 Å². The molecular weight excluding hydrogens is 478 g/mol. The van der Waals surface area contributed by atoms with Crippen molar-refractivity contribution < 1.29 is 26.4 Å². The van der Waals surface area contributed by atoms with E-state index in [9.17, 15) is 21.6 Å². The molecule has 0 aliphatic heterocycles. The topological polar surface area (TPSA) is 122 Å². The lowest BCUT2D eigenvalue weighted by atomic mass is 10.2. The Bertz CT molecular complexity index is 1340. The zero-order valence-electron chi connectivity index (χ0n) is 18.8. The van der Waals surface area contributed by atoms with E-state index in [1.54, 1.807) is 54.6 Å². The number of sulfonamides is 2. The van der Waals surface area contributed by atoms with Gasteiger partial charge < -0.3 is 10.1 Å². The molecule has 2 N–H and O–H groups in total. The average molecular weight is 504 g/mol. The van der Waals surface area contributed by atoms with E-state index in [4.69, 9.17) is 4.74 Å². The molecule has 0 aromatic heterocycles. The Balaban J connectivity index is 1.75. The highest BCUT2D eigenvalue weighted by Crippen LogP contribution is 2.25. The number of nitrogens with one attached hydrogen (secondary N) is 2. The maximum absolute atomic E-state index is 12.8. The molecule has 0 spiro atoms. The number of ether oxygens (including phenoxy) is 1. The minimum absolute atomic E-state index is 0.0124. The van der Waals surface area contributed by atoms with E-state index in [2.05, 4.69) is 10.0 Å². The molecule has 11 heteroatoms. The van der Waals surface area contributed by atoms with Crippen LogP contribution in [-0.2, 0) is 24.8 Å². The van der Waals surface area contributed by atoms with Crippen LogP contribution in [-0.4, -0.2) is 42.2 Å². The molecule has 0 heterocycles. The third kappa shape index (κ3) is 6.06. The summed E-state index contributed by atoms with van der Waals surface area (Å²) in [5.74, 6) is -0.0367. The summed E-state index contributed by atoms with van der Waals surface area (Å²) in [5.41, 5.74) is 1.05. The summed E-state index contributed by atoms with van der Waals surface area (Å²) in [7, 11) is -6.10. The Hall–Kier alpha value is -3.57. The Morgan fingerprint density at radius 1 is 0.853 bits per heavy atom. The van der Waals surface area contributed by atoms with Gasteiger partial charge in [-0.3, -0.25) is 13.8 Å². The lowest BCUT2D eigenvalue weighted by Gasteiger charge is -2.28. The number of anilines is 3.